The summed E-state index contributed by atoms with van der Waals surface area (Å²) in [6.07, 6.45) is -1.21. The van der Waals surface area contributed by atoms with Gasteiger partial charge in [-0.05, 0) is 25.2 Å². The Morgan fingerprint density at radius 1 is 1.29 bits per heavy atom. The monoisotopic (exact) mass is 346 g/mol. The molecule has 0 heterocycles. The average molecular weight is 346 g/mol. The molecule has 0 radical (unpaired) electrons. The van der Waals surface area contributed by atoms with Crippen LogP contribution in [-0.2, 0) is 10.0 Å². The molecule has 1 saturated carbocycles. The van der Waals surface area contributed by atoms with Gasteiger partial charge in [-0.15, -0.1) is 0 Å². The number of nitrogens with one attached hydrogen (secondary N) is 1. The number of alkyl halides is 3. The topological polar surface area (TPSA) is 72.2 Å². The molecule has 3 N–H and O–H groups in total. The minimum Gasteiger partial charge on any atom is -0.392 e. The highest BCUT2D eigenvalue weighted by Gasteiger charge is 2.31. The second-order valence-electron chi connectivity index (χ2n) is 5.43. The zero-order chi connectivity index (χ0) is 16.1. The summed E-state index contributed by atoms with van der Waals surface area (Å²) in [5, 5.41) is 0. The van der Waals surface area contributed by atoms with Crippen LogP contribution in [0.25, 0.3) is 0 Å². The normalized spacial score (nSPS) is 19.4. The smallest absolute Gasteiger partial charge is 0.389 e. The maximum Gasteiger partial charge on any atom is 0.389 e. The highest BCUT2D eigenvalue weighted by atomic mass is 32.2. The molecule has 0 aliphatic heterocycles. The Hall–Kier alpha value is -0.410. The van der Waals surface area contributed by atoms with Crippen LogP contribution in [0.4, 0.5) is 13.2 Å². The molecule has 0 bridgehead atoms. The van der Waals surface area contributed by atoms with Crippen molar-refractivity contribution in [2.75, 3.05) is 5.75 Å². The van der Waals surface area contributed by atoms with Crippen LogP contribution in [0.2, 0.25) is 0 Å². The molecule has 0 aromatic heterocycles. The summed E-state index contributed by atoms with van der Waals surface area (Å²) < 4.78 is 62.3. The molecule has 1 fully saturated rings. The minimum atomic E-state index is -4.35. The van der Waals surface area contributed by atoms with E-state index in [0.717, 1.165) is 32.1 Å². The molecule has 1 aliphatic rings. The molecule has 4 nitrogen and oxygen atoms in total. The Morgan fingerprint density at radius 3 is 2.33 bits per heavy atom. The largest absolute Gasteiger partial charge is 0.392 e. The number of rotatable bonds is 7. The molecule has 1 atom stereocenters. The lowest BCUT2D eigenvalue weighted by atomic mass is 9.84. The summed E-state index contributed by atoms with van der Waals surface area (Å²) in [5.41, 5.74) is 5.60. The maximum atomic E-state index is 12.1. The molecule has 0 amide bonds. The number of hydrogen-bond donors (Lipinski definition) is 2. The molecular formula is C12H21F3N2O2S2. The summed E-state index contributed by atoms with van der Waals surface area (Å²) in [5.74, 6) is -0.535. The van der Waals surface area contributed by atoms with E-state index in [1.807, 2.05) is 0 Å². The Labute approximate surface area is 128 Å². The Bertz CT molecular complexity index is 446. The lowest BCUT2D eigenvalue weighted by molar-refractivity contribution is -0.134. The third-order valence-electron chi connectivity index (χ3n) is 3.61. The summed E-state index contributed by atoms with van der Waals surface area (Å²) in [7, 11) is -3.82. The third-order valence-corrected chi connectivity index (χ3v) is 5.30. The van der Waals surface area contributed by atoms with Gasteiger partial charge in [0.05, 0.1) is 16.8 Å². The van der Waals surface area contributed by atoms with E-state index in [9.17, 15) is 21.6 Å². The predicted molar refractivity (Wildman–Crippen MR) is 79.4 cm³/mol. The van der Waals surface area contributed by atoms with Gasteiger partial charge in [-0.25, -0.2) is 13.1 Å². The SMILES string of the molecule is NC(=S)C(NS(=O)(=O)CCCC(F)(F)F)C1CCCCC1. The fraction of sp³-hybridized carbons (Fsp3) is 0.917. The van der Waals surface area contributed by atoms with E-state index in [1.54, 1.807) is 0 Å². The van der Waals surface area contributed by atoms with Gasteiger partial charge < -0.3 is 5.73 Å². The minimum absolute atomic E-state index is 0.0358. The molecule has 0 saturated heterocycles. The zero-order valence-corrected chi connectivity index (χ0v) is 13.3. The van der Waals surface area contributed by atoms with Gasteiger partial charge in [-0.1, -0.05) is 31.5 Å². The van der Waals surface area contributed by atoms with Crippen molar-refractivity contribution in [2.24, 2.45) is 11.7 Å². The summed E-state index contributed by atoms with van der Waals surface area (Å²) in [6, 6.07) is -0.656. The van der Waals surface area contributed by atoms with Crippen molar-refractivity contribution in [3.05, 3.63) is 0 Å². The van der Waals surface area contributed by atoms with Crippen LogP contribution >= 0.6 is 12.2 Å². The van der Waals surface area contributed by atoms with Crippen LogP contribution < -0.4 is 10.5 Å². The van der Waals surface area contributed by atoms with Crippen LogP contribution in [0.1, 0.15) is 44.9 Å². The van der Waals surface area contributed by atoms with Crippen LogP contribution in [0.3, 0.4) is 0 Å². The zero-order valence-electron chi connectivity index (χ0n) is 11.7. The lowest BCUT2D eigenvalue weighted by Gasteiger charge is -2.30. The van der Waals surface area contributed by atoms with E-state index in [2.05, 4.69) is 4.72 Å². The first-order valence-electron chi connectivity index (χ1n) is 6.97. The summed E-state index contributed by atoms with van der Waals surface area (Å²) in [6.45, 7) is 0. The van der Waals surface area contributed by atoms with Crippen molar-refractivity contribution in [2.45, 2.75) is 57.2 Å². The highest BCUT2D eigenvalue weighted by molar-refractivity contribution is 7.89. The van der Waals surface area contributed by atoms with Crippen molar-refractivity contribution in [1.82, 2.24) is 4.72 Å². The lowest BCUT2D eigenvalue weighted by Crippen LogP contribution is -2.49. The first-order valence-corrected chi connectivity index (χ1v) is 9.03. The average Bonchev–Trinajstić information content (AvgIpc) is 2.35. The number of hydrogen-bond acceptors (Lipinski definition) is 3. The van der Waals surface area contributed by atoms with E-state index in [0.29, 0.717) is 0 Å². The molecule has 124 valence electrons. The Kier molecular flexibility index (Phi) is 6.86. The fourth-order valence-electron chi connectivity index (χ4n) is 2.57. The van der Waals surface area contributed by atoms with Crippen molar-refractivity contribution >= 4 is 27.2 Å². The predicted octanol–water partition coefficient (Wildman–Crippen LogP) is 2.48. The maximum absolute atomic E-state index is 12.1. The summed E-state index contributed by atoms with van der Waals surface area (Å²) in [4.78, 5) is 0.0568. The van der Waals surface area contributed by atoms with Crippen molar-refractivity contribution in [3.63, 3.8) is 0 Å². The molecular weight excluding hydrogens is 325 g/mol. The third kappa shape index (κ3) is 7.42. The van der Waals surface area contributed by atoms with Gasteiger partial charge in [-0.2, -0.15) is 13.2 Å². The van der Waals surface area contributed by atoms with Crippen molar-refractivity contribution in [3.8, 4) is 0 Å². The van der Waals surface area contributed by atoms with Gasteiger partial charge in [-0.3, -0.25) is 0 Å². The molecule has 0 aromatic carbocycles. The number of sulfonamides is 1. The second-order valence-corrected chi connectivity index (χ2v) is 7.78. The number of nitrogens with two attached hydrogens (primary N) is 1. The molecule has 0 aromatic rings. The second kappa shape index (κ2) is 7.73. The van der Waals surface area contributed by atoms with Gasteiger partial charge in [0.2, 0.25) is 10.0 Å². The summed E-state index contributed by atoms with van der Waals surface area (Å²) >= 11 is 4.91. The van der Waals surface area contributed by atoms with E-state index in [4.69, 9.17) is 18.0 Å². The van der Waals surface area contributed by atoms with Gasteiger partial charge in [0.1, 0.15) is 0 Å². The van der Waals surface area contributed by atoms with Crippen LogP contribution in [0, 0.1) is 5.92 Å². The Balaban J connectivity index is 2.58. The number of thiocarbonyl (C=S) groups is 1. The standard InChI is InChI=1S/C12H21F3N2O2S2/c13-12(14,15)7-4-8-21(18,19)17-10(11(16)20)9-5-2-1-3-6-9/h9-10,17H,1-8H2,(H2,16,20). The van der Waals surface area contributed by atoms with Crippen LogP contribution in [0.5, 0.6) is 0 Å². The number of halogens is 3. The van der Waals surface area contributed by atoms with Crippen molar-refractivity contribution < 1.29 is 21.6 Å². The Morgan fingerprint density at radius 2 is 1.86 bits per heavy atom. The van der Waals surface area contributed by atoms with Gasteiger partial charge in [0.15, 0.2) is 0 Å². The molecule has 1 aliphatic carbocycles. The van der Waals surface area contributed by atoms with Crippen molar-refractivity contribution in [1.29, 1.82) is 0 Å². The quantitative estimate of drug-likeness (QED) is 0.695. The molecule has 0 spiro atoms. The fourth-order valence-corrected chi connectivity index (χ4v) is 4.24. The molecule has 9 heteroatoms. The molecule has 21 heavy (non-hydrogen) atoms. The van der Waals surface area contributed by atoms with E-state index >= 15 is 0 Å². The van der Waals surface area contributed by atoms with Crippen LogP contribution in [0.15, 0.2) is 0 Å². The first-order chi connectivity index (χ1) is 9.61. The van der Waals surface area contributed by atoms with Gasteiger partial charge in [0.25, 0.3) is 0 Å². The molecule has 1 rings (SSSR count). The van der Waals surface area contributed by atoms with Gasteiger partial charge in [0, 0.05) is 6.42 Å². The highest BCUT2D eigenvalue weighted by Crippen LogP contribution is 2.27. The first kappa shape index (κ1) is 18.6. The van der Waals surface area contributed by atoms with Gasteiger partial charge >= 0.3 is 6.18 Å². The van der Waals surface area contributed by atoms with Crippen LogP contribution in [-0.4, -0.2) is 31.4 Å². The van der Waals surface area contributed by atoms with E-state index in [1.165, 1.54) is 0 Å². The van der Waals surface area contributed by atoms with E-state index in [-0.39, 0.29) is 10.9 Å². The molecule has 1 unspecified atom stereocenters. The van der Waals surface area contributed by atoms with E-state index < -0.39 is 40.8 Å².